The molecular formula is C26H27ClO5. The lowest BCUT2D eigenvalue weighted by Crippen LogP contribution is -2.10. The summed E-state index contributed by atoms with van der Waals surface area (Å²) in [6, 6.07) is 15.0. The zero-order chi connectivity index (χ0) is 23.3. The zero-order valence-corrected chi connectivity index (χ0v) is 19.4. The van der Waals surface area contributed by atoms with Crippen molar-refractivity contribution in [3.63, 3.8) is 0 Å². The molecule has 3 rings (SSSR count). The van der Waals surface area contributed by atoms with Crippen LogP contribution in [-0.4, -0.2) is 24.8 Å². The van der Waals surface area contributed by atoms with E-state index in [1.54, 1.807) is 7.11 Å². The second kappa shape index (κ2) is 10.6. The predicted octanol–water partition coefficient (Wildman–Crippen LogP) is 6.23. The van der Waals surface area contributed by atoms with Crippen molar-refractivity contribution in [2.75, 3.05) is 7.11 Å². The number of rotatable bonds is 9. The van der Waals surface area contributed by atoms with Crippen LogP contribution in [0.15, 0.2) is 48.5 Å². The van der Waals surface area contributed by atoms with E-state index < -0.39 is 0 Å². The first kappa shape index (κ1) is 23.8. The Morgan fingerprint density at radius 1 is 1.00 bits per heavy atom. The first-order valence-electron chi connectivity index (χ1n) is 10.3. The van der Waals surface area contributed by atoms with E-state index in [0.717, 1.165) is 33.4 Å². The average Bonchev–Trinajstić information content (AvgIpc) is 2.79. The number of halogens is 1. The van der Waals surface area contributed by atoms with Crippen LogP contribution in [0.2, 0.25) is 5.02 Å². The number of hydrogen-bond acceptors (Lipinski definition) is 5. The highest BCUT2D eigenvalue weighted by Gasteiger charge is 2.14. The molecule has 0 spiro atoms. The van der Waals surface area contributed by atoms with E-state index in [1.165, 1.54) is 12.1 Å². The van der Waals surface area contributed by atoms with Gasteiger partial charge in [0.1, 0.15) is 18.1 Å². The summed E-state index contributed by atoms with van der Waals surface area (Å²) < 4.78 is 16.8. The Labute approximate surface area is 193 Å². The Morgan fingerprint density at radius 2 is 1.59 bits per heavy atom. The van der Waals surface area contributed by atoms with E-state index >= 15 is 0 Å². The van der Waals surface area contributed by atoms with Gasteiger partial charge in [0.2, 0.25) is 0 Å². The standard InChI is InChI=1S/C26H27ClO5/c1-16-19(14-31-18(3)30-4)7-5-9-22(16)23-10-6-8-20(17(23)2)15-32-26-12-25(29)21(13-28)11-24(26)27/h5-13,18,29H,14-15H2,1-4H3. The van der Waals surface area contributed by atoms with Crippen LogP contribution >= 0.6 is 11.6 Å². The maximum atomic E-state index is 11.0. The molecule has 5 nitrogen and oxygen atoms in total. The van der Waals surface area contributed by atoms with Gasteiger partial charge in [-0.3, -0.25) is 4.79 Å². The van der Waals surface area contributed by atoms with Crippen molar-refractivity contribution in [2.45, 2.75) is 40.3 Å². The number of ether oxygens (including phenoxy) is 3. The normalized spacial score (nSPS) is 11.9. The Balaban J connectivity index is 1.85. The topological polar surface area (TPSA) is 65.0 Å². The van der Waals surface area contributed by atoms with Crippen LogP contribution in [0.1, 0.15) is 39.5 Å². The third-order valence-electron chi connectivity index (χ3n) is 5.58. The van der Waals surface area contributed by atoms with Crippen molar-refractivity contribution in [3.05, 3.63) is 81.4 Å². The van der Waals surface area contributed by atoms with Crippen LogP contribution in [0.3, 0.4) is 0 Å². The highest BCUT2D eigenvalue weighted by molar-refractivity contribution is 6.32. The minimum Gasteiger partial charge on any atom is -0.507 e. The third kappa shape index (κ3) is 5.30. The van der Waals surface area contributed by atoms with Gasteiger partial charge in [-0.2, -0.15) is 0 Å². The number of carbonyl (C=O) groups excluding carboxylic acids is 1. The van der Waals surface area contributed by atoms with Crippen molar-refractivity contribution >= 4 is 17.9 Å². The minimum atomic E-state index is -0.271. The molecule has 0 aromatic heterocycles. The van der Waals surface area contributed by atoms with Gasteiger partial charge in [0.15, 0.2) is 12.6 Å². The summed E-state index contributed by atoms with van der Waals surface area (Å²) in [6.07, 6.45) is 0.280. The molecule has 0 bridgehead atoms. The number of methoxy groups -OCH3 is 1. The van der Waals surface area contributed by atoms with Gasteiger partial charge in [-0.1, -0.05) is 48.0 Å². The molecule has 1 atom stereocenters. The fourth-order valence-corrected chi connectivity index (χ4v) is 3.68. The predicted molar refractivity (Wildman–Crippen MR) is 125 cm³/mol. The first-order valence-corrected chi connectivity index (χ1v) is 10.7. The van der Waals surface area contributed by atoms with Gasteiger partial charge in [-0.05, 0) is 60.2 Å². The molecule has 6 heteroatoms. The van der Waals surface area contributed by atoms with E-state index in [9.17, 15) is 9.90 Å². The molecule has 0 saturated carbocycles. The maximum absolute atomic E-state index is 11.0. The third-order valence-corrected chi connectivity index (χ3v) is 5.87. The van der Waals surface area contributed by atoms with Crippen LogP contribution in [0.25, 0.3) is 11.1 Å². The van der Waals surface area contributed by atoms with E-state index in [0.29, 0.717) is 18.6 Å². The average molecular weight is 455 g/mol. The van der Waals surface area contributed by atoms with Gasteiger partial charge in [0.05, 0.1) is 17.2 Å². The number of benzene rings is 3. The summed E-state index contributed by atoms with van der Waals surface area (Å²) >= 11 is 6.20. The molecule has 0 radical (unpaired) electrons. The summed E-state index contributed by atoms with van der Waals surface area (Å²) in [6.45, 7) is 6.75. The highest BCUT2D eigenvalue weighted by atomic mass is 35.5. The zero-order valence-electron chi connectivity index (χ0n) is 18.6. The fourth-order valence-electron chi connectivity index (χ4n) is 3.46. The molecule has 0 amide bonds. The van der Waals surface area contributed by atoms with Gasteiger partial charge >= 0.3 is 0 Å². The molecule has 0 aliphatic rings. The number of phenolic OH excluding ortho intramolecular Hbond substituents is 1. The monoisotopic (exact) mass is 454 g/mol. The molecule has 3 aromatic carbocycles. The summed E-state index contributed by atoms with van der Waals surface area (Å²) in [5, 5.41) is 10.2. The number of hydrogen-bond donors (Lipinski definition) is 1. The van der Waals surface area contributed by atoms with Gasteiger partial charge < -0.3 is 19.3 Å². The van der Waals surface area contributed by atoms with Crippen molar-refractivity contribution in [3.8, 4) is 22.6 Å². The fraction of sp³-hybridized carbons (Fsp3) is 0.269. The second-order valence-electron chi connectivity index (χ2n) is 7.54. The Kier molecular flexibility index (Phi) is 7.91. The minimum absolute atomic E-state index is 0.125. The lowest BCUT2D eigenvalue weighted by molar-refractivity contribution is -0.118. The number of aldehydes is 1. The Hall–Kier alpha value is -2.86. The molecule has 0 fully saturated rings. The van der Waals surface area contributed by atoms with E-state index in [2.05, 4.69) is 32.0 Å². The number of carbonyl (C=O) groups is 1. The Morgan fingerprint density at radius 3 is 2.16 bits per heavy atom. The molecular weight excluding hydrogens is 428 g/mol. The molecule has 3 aromatic rings. The molecule has 1 unspecified atom stereocenters. The van der Waals surface area contributed by atoms with Gasteiger partial charge in [0.25, 0.3) is 0 Å². The van der Waals surface area contributed by atoms with Crippen LogP contribution < -0.4 is 4.74 Å². The van der Waals surface area contributed by atoms with Gasteiger partial charge in [-0.25, -0.2) is 0 Å². The largest absolute Gasteiger partial charge is 0.507 e. The van der Waals surface area contributed by atoms with Crippen molar-refractivity contribution in [1.29, 1.82) is 0 Å². The molecule has 0 aliphatic heterocycles. The second-order valence-corrected chi connectivity index (χ2v) is 7.95. The first-order chi connectivity index (χ1) is 15.3. The van der Waals surface area contributed by atoms with Crippen LogP contribution in [0, 0.1) is 13.8 Å². The molecule has 32 heavy (non-hydrogen) atoms. The summed E-state index contributed by atoms with van der Waals surface area (Å²) in [4.78, 5) is 11.0. The maximum Gasteiger partial charge on any atom is 0.154 e. The molecule has 0 heterocycles. The van der Waals surface area contributed by atoms with Crippen LogP contribution in [0.5, 0.6) is 11.5 Å². The molecule has 0 saturated heterocycles. The van der Waals surface area contributed by atoms with E-state index in [-0.39, 0.29) is 29.2 Å². The van der Waals surface area contributed by atoms with E-state index in [1.807, 2.05) is 25.1 Å². The Bertz CT molecular complexity index is 1110. The van der Waals surface area contributed by atoms with E-state index in [4.69, 9.17) is 25.8 Å². The molecule has 168 valence electrons. The summed E-state index contributed by atoms with van der Waals surface area (Å²) in [7, 11) is 1.62. The summed E-state index contributed by atoms with van der Waals surface area (Å²) in [5.41, 5.74) is 6.69. The van der Waals surface area contributed by atoms with Gasteiger partial charge in [-0.15, -0.1) is 0 Å². The quantitative estimate of drug-likeness (QED) is 0.306. The molecule has 1 N–H and O–H groups in total. The summed E-state index contributed by atoms with van der Waals surface area (Å²) in [5.74, 6) is 0.157. The molecule has 0 aliphatic carbocycles. The van der Waals surface area contributed by atoms with Crippen molar-refractivity contribution < 1.29 is 24.1 Å². The smallest absolute Gasteiger partial charge is 0.154 e. The number of aromatic hydroxyl groups is 1. The van der Waals surface area contributed by atoms with Crippen LogP contribution in [0.4, 0.5) is 0 Å². The van der Waals surface area contributed by atoms with Crippen molar-refractivity contribution in [2.24, 2.45) is 0 Å². The SMILES string of the molecule is COC(C)OCc1cccc(-c2cccc(COc3cc(O)c(C=O)cc3Cl)c2C)c1C. The lowest BCUT2D eigenvalue weighted by atomic mass is 9.92. The lowest BCUT2D eigenvalue weighted by Gasteiger charge is -2.18. The van der Waals surface area contributed by atoms with Crippen LogP contribution in [-0.2, 0) is 22.7 Å². The van der Waals surface area contributed by atoms with Gasteiger partial charge in [0, 0.05) is 13.2 Å². The number of phenols is 1. The highest BCUT2D eigenvalue weighted by Crippen LogP contribution is 2.34. The van der Waals surface area contributed by atoms with Crippen molar-refractivity contribution in [1.82, 2.24) is 0 Å².